The molecule has 3 rings (SSSR count). The van der Waals surface area contributed by atoms with Crippen molar-refractivity contribution < 1.29 is 0 Å². The van der Waals surface area contributed by atoms with E-state index in [1.807, 2.05) is 18.2 Å². The summed E-state index contributed by atoms with van der Waals surface area (Å²) in [6.07, 6.45) is 5.96. The van der Waals surface area contributed by atoms with Crippen LogP contribution in [-0.4, -0.2) is 14.8 Å². The highest BCUT2D eigenvalue weighted by atomic mass is 35.5. The van der Waals surface area contributed by atoms with Crippen molar-refractivity contribution in [1.82, 2.24) is 14.8 Å². The molecule has 1 aliphatic carbocycles. The average molecular weight is 220 g/mol. The Labute approximate surface area is 92.7 Å². The van der Waals surface area contributed by atoms with Crippen molar-refractivity contribution in [2.24, 2.45) is 0 Å². The highest BCUT2D eigenvalue weighted by molar-refractivity contribution is 6.29. The van der Waals surface area contributed by atoms with Crippen molar-refractivity contribution in [2.75, 3.05) is 0 Å². The molecule has 0 aromatic carbocycles. The summed E-state index contributed by atoms with van der Waals surface area (Å²) in [4.78, 5) is 3.97. The van der Waals surface area contributed by atoms with Gasteiger partial charge in [0.1, 0.15) is 5.15 Å². The Kier molecular flexibility index (Phi) is 1.99. The lowest BCUT2D eigenvalue weighted by molar-refractivity contribution is 0.836. The van der Waals surface area contributed by atoms with E-state index >= 15 is 0 Å². The molecule has 76 valence electrons. The van der Waals surface area contributed by atoms with Gasteiger partial charge in [-0.3, -0.25) is 4.98 Å². The van der Waals surface area contributed by atoms with Crippen LogP contribution in [0.3, 0.4) is 0 Å². The van der Waals surface area contributed by atoms with Crippen LogP contribution in [0.25, 0.3) is 5.69 Å². The summed E-state index contributed by atoms with van der Waals surface area (Å²) in [6, 6.07) is 5.75. The number of rotatable bonds is 2. The van der Waals surface area contributed by atoms with Crippen LogP contribution in [0, 0.1) is 0 Å². The van der Waals surface area contributed by atoms with Gasteiger partial charge in [-0.15, -0.1) is 0 Å². The lowest BCUT2D eigenvalue weighted by Gasteiger charge is -2.00. The monoisotopic (exact) mass is 219 g/mol. The smallest absolute Gasteiger partial charge is 0.133 e. The van der Waals surface area contributed by atoms with Gasteiger partial charge in [-0.05, 0) is 31.0 Å². The van der Waals surface area contributed by atoms with E-state index in [9.17, 15) is 0 Å². The van der Waals surface area contributed by atoms with E-state index in [1.165, 1.54) is 12.8 Å². The quantitative estimate of drug-likeness (QED) is 0.778. The van der Waals surface area contributed by atoms with Gasteiger partial charge in [-0.2, -0.15) is 5.10 Å². The molecular formula is C11H10ClN3. The Morgan fingerprint density at radius 3 is 2.67 bits per heavy atom. The molecular weight excluding hydrogens is 210 g/mol. The van der Waals surface area contributed by atoms with E-state index in [0.717, 1.165) is 11.4 Å². The topological polar surface area (TPSA) is 30.7 Å². The second-order valence-electron chi connectivity index (χ2n) is 3.78. The Morgan fingerprint density at radius 1 is 1.27 bits per heavy atom. The normalized spacial score (nSPS) is 15.5. The van der Waals surface area contributed by atoms with E-state index in [-0.39, 0.29) is 0 Å². The maximum absolute atomic E-state index is 6.13. The molecule has 15 heavy (non-hydrogen) atoms. The molecule has 3 nitrogen and oxygen atoms in total. The van der Waals surface area contributed by atoms with Crippen molar-refractivity contribution in [2.45, 2.75) is 18.8 Å². The van der Waals surface area contributed by atoms with E-state index in [2.05, 4.69) is 10.1 Å². The van der Waals surface area contributed by atoms with Crippen molar-refractivity contribution in [3.8, 4) is 5.69 Å². The Balaban J connectivity index is 2.04. The molecule has 0 N–H and O–H groups in total. The van der Waals surface area contributed by atoms with Crippen LogP contribution in [0.15, 0.2) is 30.6 Å². The van der Waals surface area contributed by atoms with E-state index in [1.54, 1.807) is 17.1 Å². The highest BCUT2D eigenvalue weighted by Crippen LogP contribution is 2.40. The second-order valence-corrected chi connectivity index (χ2v) is 4.17. The summed E-state index contributed by atoms with van der Waals surface area (Å²) in [5, 5.41) is 5.17. The molecule has 4 heteroatoms. The SMILES string of the molecule is Clc1cc(C2CC2)nn1-c1ccncc1. The van der Waals surface area contributed by atoms with Crippen molar-refractivity contribution in [1.29, 1.82) is 0 Å². The molecule has 0 atom stereocenters. The standard InChI is InChI=1S/C11H10ClN3/c12-11-7-10(8-1-2-8)14-15(11)9-3-5-13-6-4-9/h3-8H,1-2H2. The first-order valence-electron chi connectivity index (χ1n) is 5.00. The Morgan fingerprint density at radius 2 is 2.00 bits per heavy atom. The van der Waals surface area contributed by atoms with Crippen molar-refractivity contribution in [3.63, 3.8) is 0 Å². The zero-order valence-corrected chi connectivity index (χ0v) is 8.85. The first-order chi connectivity index (χ1) is 7.34. The third kappa shape index (κ3) is 1.63. The molecule has 1 aliphatic rings. The van der Waals surface area contributed by atoms with E-state index in [4.69, 9.17) is 11.6 Å². The predicted octanol–water partition coefficient (Wildman–Crippen LogP) is 2.80. The van der Waals surface area contributed by atoms with Crippen molar-refractivity contribution in [3.05, 3.63) is 41.4 Å². The molecule has 1 fully saturated rings. The number of pyridine rings is 1. The first-order valence-corrected chi connectivity index (χ1v) is 5.38. The minimum atomic E-state index is 0.630. The fourth-order valence-electron chi connectivity index (χ4n) is 1.62. The number of halogens is 1. The molecule has 2 aromatic heterocycles. The summed E-state index contributed by atoms with van der Waals surface area (Å²) in [6.45, 7) is 0. The van der Waals surface area contributed by atoms with Gasteiger partial charge in [-0.25, -0.2) is 4.68 Å². The van der Waals surface area contributed by atoms with Crippen LogP contribution >= 0.6 is 11.6 Å². The van der Waals surface area contributed by atoms with Crippen LogP contribution in [0.1, 0.15) is 24.5 Å². The Bertz CT molecular complexity index is 474. The van der Waals surface area contributed by atoms with Gasteiger partial charge in [0.25, 0.3) is 0 Å². The number of nitrogens with zero attached hydrogens (tertiary/aromatic N) is 3. The zero-order valence-electron chi connectivity index (χ0n) is 8.10. The first kappa shape index (κ1) is 8.92. The van der Waals surface area contributed by atoms with Gasteiger partial charge in [0.05, 0.1) is 11.4 Å². The van der Waals surface area contributed by atoms with Crippen LogP contribution in [0.2, 0.25) is 5.15 Å². The second kappa shape index (κ2) is 3.35. The van der Waals surface area contributed by atoms with Crippen LogP contribution in [-0.2, 0) is 0 Å². The molecule has 1 saturated carbocycles. The average Bonchev–Trinajstić information content (AvgIpc) is 3.04. The summed E-state index contributed by atoms with van der Waals surface area (Å²) >= 11 is 6.13. The van der Waals surface area contributed by atoms with Crippen LogP contribution in [0.4, 0.5) is 0 Å². The molecule has 0 amide bonds. The number of hydrogen-bond donors (Lipinski definition) is 0. The maximum atomic E-state index is 6.13. The van der Waals surface area contributed by atoms with Gasteiger partial charge in [0, 0.05) is 18.3 Å². The lowest BCUT2D eigenvalue weighted by Crippen LogP contribution is -1.97. The van der Waals surface area contributed by atoms with Gasteiger partial charge in [-0.1, -0.05) is 11.6 Å². The summed E-state index contributed by atoms with van der Waals surface area (Å²) in [5.74, 6) is 0.630. The van der Waals surface area contributed by atoms with Crippen LogP contribution in [0.5, 0.6) is 0 Å². The van der Waals surface area contributed by atoms with Crippen molar-refractivity contribution >= 4 is 11.6 Å². The largest absolute Gasteiger partial charge is 0.265 e. The third-order valence-corrected chi connectivity index (χ3v) is 2.86. The van der Waals surface area contributed by atoms with E-state index in [0.29, 0.717) is 11.1 Å². The third-order valence-electron chi connectivity index (χ3n) is 2.59. The lowest BCUT2D eigenvalue weighted by atomic mass is 10.3. The van der Waals surface area contributed by atoms with Gasteiger partial charge >= 0.3 is 0 Å². The Hall–Kier alpha value is -1.35. The molecule has 0 unspecified atom stereocenters. The fraction of sp³-hybridized carbons (Fsp3) is 0.273. The summed E-state index contributed by atoms with van der Waals surface area (Å²) in [5.41, 5.74) is 2.07. The van der Waals surface area contributed by atoms with Crippen LogP contribution < -0.4 is 0 Å². The van der Waals surface area contributed by atoms with Gasteiger partial charge in [0.15, 0.2) is 0 Å². The minimum Gasteiger partial charge on any atom is -0.265 e. The van der Waals surface area contributed by atoms with E-state index < -0.39 is 0 Å². The summed E-state index contributed by atoms with van der Waals surface area (Å²) < 4.78 is 1.76. The van der Waals surface area contributed by atoms with Gasteiger partial charge in [0.2, 0.25) is 0 Å². The number of hydrogen-bond acceptors (Lipinski definition) is 2. The molecule has 0 spiro atoms. The predicted molar refractivity (Wildman–Crippen MR) is 58.3 cm³/mol. The molecule has 0 saturated heterocycles. The van der Waals surface area contributed by atoms with Gasteiger partial charge < -0.3 is 0 Å². The highest BCUT2D eigenvalue weighted by Gasteiger charge is 2.27. The fourth-order valence-corrected chi connectivity index (χ4v) is 1.87. The number of aromatic nitrogens is 3. The minimum absolute atomic E-state index is 0.630. The molecule has 0 aliphatic heterocycles. The molecule has 0 bridgehead atoms. The summed E-state index contributed by atoms with van der Waals surface area (Å²) in [7, 11) is 0. The maximum Gasteiger partial charge on any atom is 0.133 e. The molecule has 0 radical (unpaired) electrons. The zero-order chi connectivity index (χ0) is 10.3. The molecule has 2 aromatic rings. The molecule has 2 heterocycles.